The van der Waals surface area contributed by atoms with Gasteiger partial charge in [0.2, 0.25) is 0 Å². The van der Waals surface area contributed by atoms with Crippen LogP contribution in [0.5, 0.6) is 0 Å². The van der Waals surface area contributed by atoms with E-state index in [9.17, 15) is 0 Å². The van der Waals surface area contributed by atoms with Crippen LogP contribution >= 0.6 is 0 Å². The number of methoxy groups -OCH3 is 1. The van der Waals surface area contributed by atoms with Crippen LogP contribution < -0.4 is 10.6 Å². The zero-order valence-corrected chi connectivity index (χ0v) is 16.1. The van der Waals surface area contributed by atoms with Gasteiger partial charge < -0.3 is 20.4 Å². The van der Waals surface area contributed by atoms with Gasteiger partial charge in [0.15, 0.2) is 5.96 Å². The van der Waals surface area contributed by atoms with Gasteiger partial charge in [-0.15, -0.1) is 0 Å². The molecule has 0 bridgehead atoms. The van der Waals surface area contributed by atoms with Gasteiger partial charge in [-0.1, -0.05) is 42.5 Å². The first-order valence-electron chi connectivity index (χ1n) is 9.44. The van der Waals surface area contributed by atoms with Crippen LogP contribution in [0.15, 0.2) is 59.7 Å². The van der Waals surface area contributed by atoms with Crippen molar-refractivity contribution in [2.45, 2.75) is 26.5 Å². The number of para-hydroxylation sites is 1. The van der Waals surface area contributed by atoms with Gasteiger partial charge >= 0.3 is 0 Å². The number of H-pyrrole nitrogens is 1. The lowest BCUT2D eigenvalue weighted by Gasteiger charge is -2.11. The van der Waals surface area contributed by atoms with Crippen molar-refractivity contribution >= 4 is 16.9 Å². The molecule has 142 valence electrons. The Hall–Kier alpha value is -2.79. The molecular formula is C22H28N4O. The van der Waals surface area contributed by atoms with Gasteiger partial charge in [-0.2, -0.15) is 0 Å². The smallest absolute Gasteiger partial charge is 0.191 e. The number of benzene rings is 2. The molecule has 3 aromatic rings. The number of rotatable bonds is 8. The van der Waals surface area contributed by atoms with E-state index < -0.39 is 0 Å². The predicted molar refractivity (Wildman–Crippen MR) is 112 cm³/mol. The fourth-order valence-electron chi connectivity index (χ4n) is 3.07. The largest absolute Gasteiger partial charge is 0.380 e. The van der Waals surface area contributed by atoms with Crippen molar-refractivity contribution in [3.63, 3.8) is 0 Å². The molecule has 27 heavy (non-hydrogen) atoms. The van der Waals surface area contributed by atoms with Gasteiger partial charge in [-0.25, -0.2) is 4.99 Å². The van der Waals surface area contributed by atoms with Crippen LogP contribution in [0.4, 0.5) is 0 Å². The molecule has 3 rings (SSSR count). The molecule has 0 aliphatic carbocycles. The summed E-state index contributed by atoms with van der Waals surface area (Å²) in [5.74, 6) is 0.846. The van der Waals surface area contributed by atoms with E-state index in [1.165, 1.54) is 27.6 Å². The van der Waals surface area contributed by atoms with Crippen LogP contribution in [0, 0.1) is 0 Å². The van der Waals surface area contributed by atoms with Crippen molar-refractivity contribution in [2.24, 2.45) is 4.99 Å². The molecule has 0 aliphatic rings. The number of hydrogen-bond donors (Lipinski definition) is 3. The summed E-state index contributed by atoms with van der Waals surface area (Å²) in [6.45, 7) is 5.04. The number of nitrogens with zero attached hydrogens (tertiary/aromatic N) is 1. The Bertz CT molecular complexity index is 867. The van der Waals surface area contributed by atoms with E-state index in [1.54, 1.807) is 7.11 Å². The Labute approximate surface area is 160 Å². The quantitative estimate of drug-likeness (QED) is 0.423. The lowest BCUT2D eigenvalue weighted by molar-refractivity contribution is 0.185. The van der Waals surface area contributed by atoms with Crippen molar-refractivity contribution in [1.29, 1.82) is 0 Å². The van der Waals surface area contributed by atoms with Crippen molar-refractivity contribution < 1.29 is 4.74 Å². The zero-order valence-electron chi connectivity index (χ0n) is 16.1. The maximum atomic E-state index is 5.15. The summed E-state index contributed by atoms with van der Waals surface area (Å²) < 4.78 is 5.15. The molecule has 0 aliphatic heterocycles. The Kier molecular flexibility index (Phi) is 6.88. The van der Waals surface area contributed by atoms with Crippen molar-refractivity contribution in [3.8, 4) is 0 Å². The minimum absolute atomic E-state index is 0.640. The van der Waals surface area contributed by atoms with Gasteiger partial charge in [0.1, 0.15) is 0 Å². The molecule has 1 heterocycles. The number of fused-ring (bicyclic) bond motifs is 1. The van der Waals surface area contributed by atoms with Crippen molar-refractivity contribution in [2.75, 3.05) is 20.2 Å². The Balaban J connectivity index is 1.55. The molecule has 0 atom stereocenters. The lowest BCUT2D eigenvalue weighted by Crippen LogP contribution is -2.38. The molecule has 0 radical (unpaired) electrons. The summed E-state index contributed by atoms with van der Waals surface area (Å²) in [4.78, 5) is 8.02. The van der Waals surface area contributed by atoms with E-state index in [-0.39, 0.29) is 0 Å². The minimum atomic E-state index is 0.640. The fourth-order valence-corrected chi connectivity index (χ4v) is 3.07. The summed E-state index contributed by atoms with van der Waals surface area (Å²) in [5, 5.41) is 8.03. The Morgan fingerprint density at radius 2 is 1.81 bits per heavy atom. The summed E-state index contributed by atoms with van der Waals surface area (Å²) >= 11 is 0. The number of hydrogen-bond acceptors (Lipinski definition) is 2. The minimum Gasteiger partial charge on any atom is -0.380 e. The lowest BCUT2D eigenvalue weighted by atomic mass is 10.1. The average molecular weight is 364 g/mol. The number of aliphatic imine (C=N–C) groups is 1. The van der Waals surface area contributed by atoms with Crippen LogP contribution in [0.3, 0.4) is 0 Å². The first kappa shape index (κ1) is 19.0. The van der Waals surface area contributed by atoms with Crippen LogP contribution in [-0.4, -0.2) is 31.1 Å². The number of aromatic amines is 1. The van der Waals surface area contributed by atoms with Gasteiger partial charge in [0, 0.05) is 37.3 Å². The first-order chi connectivity index (χ1) is 13.3. The summed E-state index contributed by atoms with van der Waals surface area (Å²) in [6.07, 6.45) is 3.04. The molecule has 0 unspecified atom stereocenters. The summed E-state index contributed by atoms with van der Waals surface area (Å²) in [7, 11) is 1.71. The SMILES string of the molecule is CCNC(=NCc1ccc(COC)cc1)NCCc1c[nH]c2ccccc12. The van der Waals surface area contributed by atoms with Gasteiger partial charge in [0.05, 0.1) is 13.2 Å². The molecule has 5 nitrogen and oxygen atoms in total. The molecule has 0 spiro atoms. The third-order valence-corrected chi connectivity index (χ3v) is 4.46. The van der Waals surface area contributed by atoms with E-state index in [1.807, 2.05) is 0 Å². The van der Waals surface area contributed by atoms with Crippen LogP contribution in [-0.2, 0) is 24.3 Å². The normalized spacial score (nSPS) is 11.7. The number of nitrogens with one attached hydrogen (secondary N) is 3. The monoisotopic (exact) mass is 364 g/mol. The van der Waals surface area contributed by atoms with E-state index in [2.05, 4.69) is 77.3 Å². The molecule has 5 heteroatoms. The molecular weight excluding hydrogens is 336 g/mol. The van der Waals surface area contributed by atoms with E-state index in [0.717, 1.165) is 25.5 Å². The predicted octanol–water partition coefficient (Wildman–Crippen LogP) is 3.61. The third kappa shape index (κ3) is 5.34. The summed E-state index contributed by atoms with van der Waals surface area (Å²) in [5.41, 5.74) is 4.87. The molecule has 0 saturated carbocycles. The van der Waals surface area contributed by atoms with E-state index >= 15 is 0 Å². The maximum Gasteiger partial charge on any atom is 0.191 e. The highest BCUT2D eigenvalue weighted by Gasteiger charge is 2.03. The fraction of sp³-hybridized carbons (Fsp3) is 0.318. The van der Waals surface area contributed by atoms with Gasteiger partial charge in [-0.05, 0) is 36.1 Å². The van der Waals surface area contributed by atoms with E-state index in [0.29, 0.717) is 13.2 Å². The van der Waals surface area contributed by atoms with Gasteiger partial charge in [-0.3, -0.25) is 0 Å². The topological polar surface area (TPSA) is 61.4 Å². The molecule has 0 saturated heterocycles. The Morgan fingerprint density at radius 3 is 2.59 bits per heavy atom. The zero-order chi connectivity index (χ0) is 18.9. The van der Waals surface area contributed by atoms with Crippen molar-refractivity contribution in [3.05, 3.63) is 71.4 Å². The maximum absolute atomic E-state index is 5.15. The second-order valence-electron chi connectivity index (χ2n) is 6.48. The number of aromatic nitrogens is 1. The standard InChI is InChI=1S/C22H28N4O/c1-3-23-22(26-14-17-8-10-18(11-9-17)16-27-2)24-13-12-19-15-25-21-7-5-4-6-20(19)21/h4-11,15,25H,3,12-14,16H2,1-2H3,(H2,23,24,26). The third-order valence-electron chi connectivity index (χ3n) is 4.46. The second-order valence-corrected chi connectivity index (χ2v) is 6.48. The number of ether oxygens (including phenoxy) is 1. The number of guanidine groups is 1. The van der Waals surface area contributed by atoms with Crippen LogP contribution in [0.25, 0.3) is 10.9 Å². The summed E-state index contributed by atoms with van der Waals surface area (Å²) in [6, 6.07) is 16.8. The average Bonchev–Trinajstić information content (AvgIpc) is 3.11. The highest BCUT2D eigenvalue weighted by Crippen LogP contribution is 2.17. The molecule has 2 aromatic carbocycles. The van der Waals surface area contributed by atoms with Crippen LogP contribution in [0.2, 0.25) is 0 Å². The highest BCUT2D eigenvalue weighted by atomic mass is 16.5. The first-order valence-corrected chi connectivity index (χ1v) is 9.44. The molecule has 0 amide bonds. The molecule has 0 fully saturated rings. The molecule has 3 N–H and O–H groups in total. The Morgan fingerprint density at radius 1 is 1.04 bits per heavy atom. The van der Waals surface area contributed by atoms with Crippen LogP contribution in [0.1, 0.15) is 23.6 Å². The second kappa shape index (κ2) is 9.78. The highest BCUT2D eigenvalue weighted by molar-refractivity contribution is 5.83. The van der Waals surface area contributed by atoms with Gasteiger partial charge in [0.25, 0.3) is 0 Å². The molecule has 1 aromatic heterocycles. The van der Waals surface area contributed by atoms with Crippen molar-refractivity contribution in [1.82, 2.24) is 15.6 Å². The van der Waals surface area contributed by atoms with E-state index in [4.69, 9.17) is 9.73 Å².